The lowest BCUT2D eigenvalue weighted by molar-refractivity contribution is 0.0169. The predicted molar refractivity (Wildman–Crippen MR) is 157 cm³/mol. The Kier molecular flexibility index (Phi) is 9.09. The zero-order valence-electron chi connectivity index (χ0n) is 23.3. The van der Waals surface area contributed by atoms with Gasteiger partial charge < -0.3 is 15.0 Å². The standard InChI is InChI=1S/C33H41ClN2O3/c1-22-18-27-12-16-31(32(37)35-19-29-8-3-4-17-39-29)23(2)30(27)15-11-25(22)7-5-6-24-20-36(21-24)33(38)26-9-13-28(34)14-10-26/h9-10,12-16,18,22,24-25,29H,3-8,11,17,19-21H2,1-2H3,(H,35,37). The van der Waals surface area contributed by atoms with Gasteiger partial charge in [0.2, 0.25) is 0 Å². The monoisotopic (exact) mass is 548 g/mol. The number of hydrogen-bond acceptors (Lipinski definition) is 3. The third kappa shape index (κ3) is 6.75. The van der Waals surface area contributed by atoms with E-state index in [2.05, 4.69) is 37.4 Å². The van der Waals surface area contributed by atoms with Crippen molar-refractivity contribution in [2.75, 3.05) is 26.2 Å². The van der Waals surface area contributed by atoms with Gasteiger partial charge in [-0.3, -0.25) is 9.59 Å². The molecule has 2 fully saturated rings. The van der Waals surface area contributed by atoms with Crippen LogP contribution < -0.4 is 15.8 Å². The second kappa shape index (κ2) is 12.7. The van der Waals surface area contributed by atoms with Gasteiger partial charge in [0.15, 0.2) is 0 Å². The minimum Gasteiger partial charge on any atom is -0.376 e. The van der Waals surface area contributed by atoms with Crippen molar-refractivity contribution in [3.63, 3.8) is 0 Å². The van der Waals surface area contributed by atoms with Crippen LogP contribution in [-0.2, 0) is 4.74 Å². The Morgan fingerprint density at radius 1 is 1.08 bits per heavy atom. The summed E-state index contributed by atoms with van der Waals surface area (Å²) in [6, 6.07) is 11.3. The third-order valence-electron chi connectivity index (χ3n) is 8.89. The molecule has 1 aliphatic carbocycles. The summed E-state index contributed by atoms with van der Waals surface area (Å²) in [6.07, 6.45) is 12.7. The van der Waals surface area contributed by atoms with Gasteiger partial charge in [-0.1, -0.05) is 43.2 Å². The molecule has 208 valence electrons. The van der Waals surface area contributed by atoms with Gasteiger partial charge in [-0.05, 0) is 110 Å². The Bertz CT molecular complexity index is 1290. The number of benzene rings is 2. The lowest BCUT2D eigenvalue weighted by atomic mass is 9.84. The highest BCUT2D eigenvalue weighted by molar-refractivity contribution is 6.30. The van der Waals surface area contributed by atoms with Crippen LogP contribution in [0.4, 0.5) is 0 Å². The molecular formula is C33H41ClN2O3. The maximum atomic E-state index is 13.0. The summed E-state index contributed by atoms with van der Waals surface area (Å²) >= 11 is 5.95. The molecule has 0 saturated carbocycles. The quantitative estimate of drug-likeness (QED) is 0.499. The molecule has 2 aromatic carbocycles. The summed E-state index contributed by atoms with van der Waals surface area (Å²) < 4.78 is 5.77. The molecule has 0 radical (unpaired) electrons. The van der Waals surface area contributed by atoms with Crippen molar-refractivity contribution in [3.8, 4) is 0 Å². The number of carbonyl (C=O) groups is 2. The number of fused-ring (bicyclic) bond motifs is 1. The fourth-order valence-corrected chi connectivity index (χ4v) is 6.45. The van der Waals surface area contributed by atoms with Gasteiger partial charge in [-0.15, -0.1) is 0 Å². The number of likely N-dealkylation sites (tertiary alicyclic amines) is 1. The molecule has 3 atom stereocenters. The zero-order valence-corrected chi connectivity index (χ0v) is 24.0. The number of ether oxygens (including phenoxy) is 1. The molecule has 0 bridgehead atoms. The van der Waals surface area contributed by atoms with Crippen LogP contribution in [0.2, 0.25) is 5.02 Å². The minimum atomic E-state index is -0.00388. The van der Waals surface area contributed by atoms with Crippen LogP contribution in [0.3, 0.4) is 0 Å². The average Bonchev–Trinajstić information content (AvgIpc) is 3.08. The van der Waals surface area contributed by atoms with Crippen molar-refractivity contribution in [3.05, 3.63) is 68.5 Å². The lowest BCUT2D eigenvalue weighted by Crippen LogP contribution is -2.49. The Hall–Kier alpha value is -2.63. The molecule has 5 rings (SSSR count). The van der Waals surface area contributed by atoms with Crippen molar-refractivity contribution in [2.45, 2.75) is 64.9 Å². The fourth-order valence-electron chi connectivity index (χ4n) is 6.33. The number of carbonyl (C=O) groups excluding carboxylic acids is 2. The van der Waals surface area contributed by atoms with Crippen LogP contribution >= 0.6 is 11.6 Å². The first kappa shape index (κ1) is 27.9. The van der Waals surface area contributed by atoms with E-state index < -0.39 is 0 Å². The zero-order chi connectivity index (χ0) is 27.4. The Morgan fingerprint density at radius 2 is 1.87 bits per heavy atom. The van der Waals surface area contributed by atoms with E-state index in [0.29, 0.717) is 34.9 Å². The summed E-state index contributed by atoms with van der Waals surface area (Å²) in [5.74, 6) is 1.76. The van der Waals surface area contributed by atoms with E-state index in [9.17, 15) is 9.59 Å². The molecule has 1 N–H and O–H groups in total. The maximum Gasteiger partial charge on any atom is 0.253 e. The predicted octanol–water partition coefficient (Wildman–Crippen LogP) is 5.11. The van der Waals surface area contributed by atoms with E-state index >= 15 is 0 Å². The molecule has 2 heterocycles. The fraction of sp³-hybridized carbons (Fsp3) is 0.515. The normalized spacial score (nSPS) is 23.1. The van der Waals surface area contributed by atoms with Crippen LogP contribution in [0.25, 0.3) is 12.2 Å². The first-order valence-corrected chi connectivity index (χ1v) is 15.0. The Balaban J connectivity index is 1.12. The lowest BCUT2D eigenvalue weighted by Gasteiger charge is -2.39. The topological polar surface area (TPSA) is 58.6 Å². The molecule has 5 nitrogen and oxygen atoms in total. The Labute approximate surface area is 237 Å². The number of hydrogen-bond donors (Lipinski definition) is 1. The van der Waals surface area contributed by atoms with Gasteiger partial charge in [0.05, 0.1) is 6.10 Å². The number of halogens is 1. The second-order valence-corrected chi connectivity index (χ2v) is 12.1. The van der Waals surface area contributed by atoms with E-state index in [4.69, 9.17) is 16.3 Å². The Morgan fingerprint density at radius 3 is 2.62 bits per heavy atom. The maximum absolute atomic E-state index is 13.0. The van der Waals surface area contributed by atoms with Gasteiger partial charge in [-0.2, -0.15) is 0 Å². The van der Waals surface area contributed by atoms with E-state index in [0.717, 1.165) is 56.5 Å². The molecular weight excluding hydrogens is 508 g/mol. The van der Waals surface area contributed by atoms with Gasteiger partial charge in [-0.25, -0.2) is 0 Å². The number of amides is 2. The molecule has 0 aromatic heterocycles. The van der Waals surface area contributed by atoms with E-state index in [-0.39, 0.29) is 17.9 Å². The van der Waals surface area contributed by atoms with E-state index in [1.54, 1.807) is 24.3 Å². The summed E-state index contributed by atoms with van der Waals surface area (Å²) in [5, 5.41) is 6.21. The molecule has 0 spiro atoms. The van der Waals surface area contributed by atoms with Crippen LogP contribution in [0.15, 0.2) is 36.4 Å². The van der Waals surface area contributed by atoms with E-state index in [1.165, 1.54) is 29.7 Å². The summed E-state index contributed by atoms with van der Waals surface area (Å²) in [5.41, 5.74) is 2.55. The minimum absolute atomic E-state index is 0.00388. The molecule has 2 saturated heterocycles. The van der Waals surface area contributed by atoms with Gasteiger partial charge in [0.1, 0.15) is 0 Å². The highest BCUT2D eigenvalue weighted by Crippen LogP contribution is 2.29. The van der Waals surface area contributed by atoms with Crippen molar-refractivity contribution in [1.29, 1.82) is 0 Å². The number of rotatable bonds is 8. The molecule has 2 aliphatic heterocycles. The molecule has 3 aliphatic rings. The molecule has 2 aromatic rings. The van der Waals surface area contributed by atoms with Crippen molar-refractivity contribution in [2.24, 2.45) is 17.8 Å². The second-order valence-electron chi connectivity index (χ2n) is 11.7. The SMILES string of the molecule is Cc1c(C(=O)NCC2CCCCO2)ccc2c1=CCC(CCCC1CN(C(=O)c3ccc(Cl)cc3)C1)C(C)C=2. The average molecular weight is 549 g/mol. The van der Waals surface area contributed by atoms with Gasteiger partial charge >= 0.3 is 0 Å². The third-order valence-corrected chi connectivity index (χ3v) is 9.14. The first-order chi connectivity index (χ1) is 18.9. The number of nitrogens with one attached hydrogen (secondary N) is 1. The highest BCUT2D eigenvalue weighted by Gasteiger charge is 2.31. The molecule has 2 amide bonds. The number of nitrogens with zero attached hydrogens (tertiary/aromatic N) is 1. The van der Waals surface area contributed by atoms with Crippen molar-refractivity contribution < 1.29 is 14.3 Å². The van der Waals surface area contributed by atoms with Gasteiger partial charge in [0, 0.05) is 42.4 Å². The summed E-state index contributed by atoms with van der Waals surface area (Å²) in [7, 11) is 0. The van der Waals surface area contributed by atoms with Crippen molar-refractivity contribution in [1.82, 2.24) is 10.2 Å². The van der Waals surface area contributed by atoms with Crippen LogP contribution in [0, 0.1) is 24.7 Å². The van der Waals surface area contributed by atoms with E-state index in [1.807, 2.05) is 11.0 Å². The van der Waals surface area contributed by atoms with Crippen LogP contribution in [-0.4, -0.2) is 49.1 Å². The van der Waals surface area contributed by atoms with Gasteiger partial charge in [0.25, 0.3) is 11.8 Å². The highest BCUT2D eigenvalue weighted by atomic mass is 35.5. The largest absolute Gasteiger partial charge is 0.376 e. The molecule has 6 heteroatoms. The van der Waals surface area contributed by atoms with Crippen molar-refractivity contribution >= 4 is 35.6 Å². The van der Waals surface area contributed by atoms with Crippen LogP contribution in [0.5, 0.6) is 0 Å². The summed E-state index contributed by atoms with van der Waals surface area (Å²) in [4.78, 5) is 27.6. The summed E-state index contributed by atoms with van der Waals surface area (Å²) in [6.45, 7) is 7.48. The smallest absolute Gasteiger partial charge is 0.253 e. The molecule has 39 heavy (non-hydrogen) atoms. The first-order valence-electron chi connectivity index (χ1n) is 14.7. The molecule has 3 unspecified atom stereocenters. The van der Waals surface area contributed by atoms with Crippen LogP contribution in [0.1, 0.15) is 78.1 Å².